The Kier molecular flexibility index (Phi) is 25.4. The molecule has 0 aliphatic rings. The van der Waals surface area contributed by atoms with Crippen molar-refractivity contribution in [2.45, 2.75) is 67.2 Å². The average molecular weight is 694 g/mol. The molecule has 14 nitrogen and oxygen atoms in total. The summed E-state index contributed by atoms with van der Waals surface area (Å²) in [5, 5.41) is 13.4. The summed E-state index contributed by atoms with van der Waals surface area (Å²) >= 11 is 5.69. The fourth-order valence-electron chi connectivity index (χ4n) is 3.07. The summed E-state index contributed by atoms with van der Waals surface area (Å²) in [4.78, 5) is 37.7. The topological polar surface area (TPSA) is 176 Å². The van der Waals surface area contributed by atoms with Crippen molar-refractivity contribution in [2.24, 2.45) is 0 Å². The molecular formula is C25H43ClKN5O9P2. The number of aromatic nitrogens is 1. The van der Waals surface area contributed by atoms with Gasteiger partial charge in [-0.1, -0.05) is 66.0 Å². The van der Waals surface area contributed by atoms with Gasteiger partial charge in [-0.05, 0) is 25.0 Å². The Hall–Kier alpha value is -0.674. The number of anilines is 1. The summed E-state index contributed by atoms with van der Waals surface area (Å²) in [5.74, 6) is -1.06. The summed E-state index contributed by atoms with van der Waals surface area (Å²) in [6.45, 7) is 12.1. The minimum absolute atomic E-state index is 0. The molecule has 1 amide bonds. The molecule has 1 aromatic rings. The number of carbonyl (C=O) groups excluding carboxylic acids is 1. The number of pyridine rings is 1. The van der Waals surface area contributed by atoms with Gasteiger partial charge in [-0.15, -0.1) is 0 Å². The number of hydrogen-bond acceptors (Lipinski definition) is 10. The molecule has 0 bridgehead atoms. The van der Waals surface area contributed by atoms with Crippen LogP contribution in [-0.2, 0) is 27.5 Å². The van der Waals surface area contributed by atoms with Gasteiger partial charge in [0.15, 0.2) is 0 Å². The molecule has 0 radical (unpaired) electrons. The number of carbonyl (C=O) groups is 1. The molecule has 0 aliphatic heterocycles. The number of allylic oxidation sites excluding steroid dienone is 2. The molecule has 2 unspecified atom stereocenters. The van der Waals surface area contributed by atoms with E-state index in [1.165, 1.54) is 21.9 Å². The van der Waals surface area contributed by atoms with Gasteiger partial charge in [0.2, 0.25) is 5.82 Å². The fourth-order valence-corrected chi connectivity index (χ4v) is 5.86. The van der Waals surface area contributed by atoms with E-state index in [2.05, 4.69) is 10.3 Å². The summed E-state index contributed by atoms with van der Waals surface area (Å²) in [7, 11) is -7.60. The van der Waals surface area contributed by atoms with Gasteiger partial charge in [0.25, 0.3) is 13.7 Å². The van der Waals surface area contributed by atoms with E-state index in [-0.39, 0.29) is 62.2 Å². The first-order chi connectivity index (χ1) is 19.8. The van der Waals surface area contributed by atoms with E-state index < -0.39 is 38.6 Å². The minimum atomic E-state index is -3.85. The van der Waals surface area contributed by atoms with E-state index >= 15 is 0 Å². The van der Waals surface area contributed by atoms with Crippen molar-refractivity contribution >= 4 is 44.5 Å². The second kappa shape index (κ2) is 24.5. The predicted octanol–water partition coefficient (Wildman–Crippen LogP) is 3.51. The monoisotopic (exact) mass is 693 g/mol. The van der Waals surface area contributed by atoms with Crippen LogP contribution in [0.3, 0.4) is 0 Å². The summed E-state index contributed by atoms with van der Waals surface area (Å²) in [6.07, 6.45) is 10.6. The SMILES string of the molecule is CCCC=COP(=O)(OCC(=O)Nc1ncc(Cl)cc1[N+](=O)[O-])N(CC)CC.CCCC=COP(=O)([O-])N(CC)CC.[K+]. The number of rotatable bonds is 19. The maximum absolute atomic E-state index is 13.0. The van der Waals surface area contributed by atoms with E-state index in [4.69, 9.17) is 25.2 Å². The van der Waals surface area contributed by atoms with Crippen molar-refractivity contribution in [1.82, 2.24) is 14.3 Å². The van der Waals surface area contributed by atoms with Crippen LogP contribution in [0.25, 0.3) is 0 Å². The van der Waals surface area contributed by atoms with E-state index in [0.29, 0.717) is 26.2 Å². The quantitative estimate of drug-likeness (QED) is 0.0735. The van der Waals surface area contributed by atoms with Gasteiger partial charge in [-0.25, -0.2) is 14.2 Å². The number of amides is 1. The Morgan fingerprint density at radius 3 is 1.98 bits per heavy atom. The number of nitro groups is 1. The maximum Gasteiger partial charge on any atom is 1.00 e. The summed E-state index contributed by atoms with van der Waals surface area (Å²) in [6, 6.07) is 1.06. The Bertz CT molecular complexity index is 1120. The number of nitrogens with one attached hydrogen (secondary N) is 1. The van der Waals surface area contributed by atoms with Gasteiger partial charge < -0.3 is 19.3 Å². The van der Waals surface area contributed by atoms with Crippen LogP contribution in [-0.4, -0.2) is 57.9 Å². The third-order valence-electron chi connectivity index (χ3n) is 5.29. The van der Waals surface area contributed by atoms with Crippen LogP contribution in [0.4, 0.5) is 11.5 Å². The molecule has 240 valence electrons. The first kappa shape index (κ1) is 44.5. The maximum atomic E-state index is 13.0. The minimum Gasteiger partial charge on any atom is -0.756 e. The predicted molar refractivity (Wildman–Crippen MR) is 162 cm³/mol. The molecule has 43 heavy (non-hydrogen) atoms. The zero-order valence-corrected chi connectivity index (χ0v) is 31.7. The molecule has 0 aromatic carbocycles. The van der Waals surface area contributed by atoms with Crippen molar-refractivity contribution < 1.29 is 88.7 Å². The Morgan fingerprint density at radius 1 is 1.00 bits per heavy atom. The number of nitrogens with zero attached hydrogens (tertiary/aromatic N) is 4. The van der Waals surface area contributed by atoms with Crippen molar-refractivity contribution in [3.63, 3.8) is 0 Å². The first-order valence-electron chi connectivity index (χ1n) is 13.7. The number of unbranched alkanes of at least 4 members (excludes halogenated alkanes) is 2. The molecule has 0 spiro atoms. The number of halogens is 1. The zero-order valence-electron chi connectivity index (χ0n) is 26.1. The standard InChI is InChI=1S/C16H24ClN4O6P.C9H20NO3P.K/c1-4-7-8-9-26-28(25,20(5-2)6-3)27-12-15(22)19-16-14(21(23)24)10-13(17)11-18-16;1-4-7-8-9-13-14(11,12)10(5-2)6-3;/h8-11H,4-7,12H2,1-3H3,(H,18,19,22);8-9H,4-7H2,1-3H3,(H,11,12);/q;;+1/p-1. The van der Waals surface area contributed by atoms with Crippen LogP contribution >= 0.6 is 27.1 Å². The van der Waals surface area contributed by atoms with Crippen LogP contribution in [0, 0.1) is 10.1 Å². The van der Waals surface area contributed by atoms with Crippen molar-refractivity contribution in [3.05, 3.63) is 52.1 Å². The molecule has 0 fully saturated rings. The molecule has 0 saturated carbocycles. The van der Waals surface area contributed by atoms with Crippen LogP contribution in [0.15, 0.2) is 36.9 Å². The normalized spacial score (nSPS) is 14.0. The van der Waals surface area contributed by atoms with Gasteiger partial charge in [0, 0.05) is 38.4 Å². The van der Waals surface area contributed by atoms with E-state index in [1.807, 2.05) is 13.8 Å². The van der Waals surface area contributed by atoms with E-state index in [1.54, 1.807) is 39.8 Å². The third-order valence-corrected chi connectivity index (χ3v) is 9.25. The van der Waals surface area contributed by atoms with Crippen LogP contribution < -0.4 is 61.6 Å². The molecular weight excluding hydrogens is 651 g/mol. The first-order valence-corrected chi connectivity index (χ1v) is 17.0. The van der Waals surface area contributed by atoms with Gasteiger partial charge in [0.05, 0.1) is 22.5 Å². The Labute approximate surface area is 302 Å². The molecule has 0 aliphatic carbocycles. The van der Waals surface area contributed by atoms with Gasteiger partial charge in [-0.3, -0.25) is 24.0 Å². The van der Waals surface area contributed by atoms with Crippen molar-refractivity contribution in [2.75, 3.05) is 38.1 Å². The molecule has 1 rings (SSSR count). The summed E-state index contributed by atoms with van der Waals surface area (Å²) < 4.78 is 42.5. The van der Waals surface area contributed by atoms with Gasteiger partial charge in [0.1, 0.15) is 6.61 Å². The second-order valence-electron chi connectivity index (χ2n) is 8.35. The van der Waals surface area contributed by atoms with Gasteiger partial charge >= 0.3 is 64.8 Å². The summed E-state index contributed by atoms with van der Waals surface area (Å²) in [5.41, 5.74) is -0.466. The van der Waals surface area contributed by atoms with Crippen LogP contribution in [0.2, 0.25) is 5.02 Å². The molecule has 1 N–H and O–H groups in total. The van der Waals surface area contributed by atoms with E-state index in [9.17, 15) is 28.9 Å². The number of hydrogen-bond donors (Lipinski definition) is 1. The van der Waals surface area contributed by atoms with E-state index in [0.717, 1.165) is 37.9 Å². The van der Waals surface area contributed by atoms with Gasteiger partial charge in [-0.2, -0.15) is 4.67 Å². The average Bonchev–Trinajstić information content (AvgIpc) is 2.95. The molecule has 1 aromatic heterocycles. The van der Waals surface area contributed by atoms with Crippen LogP contribution in [0.5, 0.6) is 0 Å². The Morgan fingerprint density at radius 2 is 1.51 bits per heavy atom. The smallest absolute Gasteiger partial charge is 0.756 e. The molecule has 18 heteroatoms. The second-order valence-corrected chi connectivity index (χ2v) is 12.5. The molecule has 2 atom stereocenters. The molecule has 0 saturated heterocycles. The third kappa shape index (κ3) is 17.6. The Balaban J connectivity index is 0. The van der Waals surface area contributed by atoms with Crippen LogP contribution in [0.1, 0.15) is 67.2 Å². The molecule has 1 heterocycles. The fraction of sp³-hybridized carbons (Fsp3) is 0.600. The van der Waals surface area contributed by atoms with Crippen molar-refractivity contribution in [3.8, 4) is 0 Å². The largest absolute Gasteiger partial charge is 1.00 e. The zero-order chi connectivity index (χ0) is 32.2. The van der Waals surface area contributed by atoms with Crippen molar-refractivity contribution in [1.29, 1.82) is 0 Å².